The van der Waals surface area contributed by atoms with Crippen LogP contribution in [0.2, 0.25) is 5.02 Å². The largest absolute Gasteiger partial charge is 0.331 e. The number of halogens is 1. The minimum Gasteiger partial charge on any atom is -0.331 e. The summed E-state index contributed by atoms with van der Waals surface area (Å²) in [7, 11) is 0. The molecule has 6 nitrogen and oxygen atoms in total. The van der Waals surface area contributed by atoms with Crippen molar-refractivity contribution in [2.45, 2.75) is 32.4 Å². The number of rotatable bonds is 5. The van der Waals surface area contributed by atoms with Gasteiger partial charge in [0.2, 0.25) is 0 Å². The molecule has 1 saturated heterocycles. The number of nitrogens with zero attached hydrogens (tertiary/aromatic N) is 5. The predicted molar refractivity (Wildman–Crippen MR) is 128 cm³/mol. The maximum Gasteiger partial charge on any atom is 0.254 e. The number of carbonyl (C=O) groups is 1. The minimum absolute atomic E-state index is 0.0355. The van der Waals surface area contributed by atoms with Crippen LogP contribution in [-0.2, 0) is 6.54 Å². The fourth-order valence-electron chi connectivity index (χ4n) is 4.35. The minimum atomic E-state index is -0.0638. The molecule has 3 heterocycles. The van der Waals surface area contributed by atoms with E-state index < -0.39 is 0 Å². The van der Waals surface area contributed by atoms with Crippen molar-refractivity contribution < 1.29 is 4.79 Å². The van der Waals surface area contributed by atoms with Gasteiger partial charge >= 0.3 is 0 Å². The van der Waals surface area contributed by atoms with Crippen molar-refractivity contribution in [3.8, 4) is 11.4 Å². The molecule has 0 saturated carbocycles. The second-order valence-corrected chi connectivity index (χ2v) is 8.71. The van der Waals surface area contributed by atoms with Crippen molar-refractivity contribution in [3.05, 3.63) is 101 Å². The molecule has 0 radical (unpaired) electrons. The first-order valence-corrected chi connectivity index (χ1v) is 11.4. The Morgan fingerprint density at radius 1 is 1.09 bits per heavy atom. The molecule has 1 amide bonds. The summed E-state index contributed by atoms with van der Waals surface area (Å²) in [5.41, 5.74) is 3.54. The lowest BCUT2D eigenvalue weighted by Crippen LogP contribution is -2.31. The molecule has 2 aromatic carbocycles. The van der Waals surface area contributed by atoms with E-state index in [-0.39, 0.29) is 11.9 Å². The summed E-state index contributed by atoms with van der Waals surface area (Å²) >= 11 is 6.01. The highest BCUT2D eigenvalue weighted by atomic mass is 35.5. The normalized spacial score (nSPS) is 15.7. The Morgan fingerprint density at radius 3 is 2.73 bits per heavy atom. The van der Waals surface area contributed by atoms with Crippen LogP contribution >= 0.6 is 11.6 Å². The fraction of sp³-hybridized carbons (Fsp3) is 0.231. The first-order chi connectivity index (χ1) is 16.1. The molecular weight excluding hydrogens is 434 g/mol. The highest BCUT2D eigenvalue weighted by Gasteiger charge is 2.32. The number of imidazole rings is 1. The van der Waals surface area contributed by atoms with E-state index in [0.29, 0.717) is 29.5 Å². The summed E-state index contributed by atoms with van der Waals surface area (Å²) in [5.74, 6) is 1.63. The summed E-state index contributed by atoms with van der Waals surface area (Å²) in [6.45, 7) is 3.38. The quantitative estimate of drug-likeness (QED) is 0.406. The summed E-state index contributed by atoms with van der Waals surface area (Å²) in [4.78, 5) is 28.9. The molecule has 5 rings (SSSR count). The van der Waals surface area contributed by atoms with Gasteiger partial charge in [-0.25, -0.2) is 15.0 Å². The maximum absolute atomic E-state index is 13.5. The predicted octanol–water partition coefficient (Wildman–Crippen LogP) is 5.33. The van der Waals surface area contributed by atoms with Gasteiger partial charge in [0.25, 0.3) is 5.91 Å². The van der Waals surface area contributed by atoms with Crippen molar-refractivity contribution in [1.29, 1.82) is 0 Å². The van der Waals surface area contributed by atoms with Gasteiger partial charge < -0.3 is 9.47 Å². The fourth-order valence-corrected chi connectivity index (χ4v) is 4.48. The highest BCUT2D eigenvalue weighted by Crippen LogP contribution is 2.33. The number of aryl methyl sites for hydroxylation is 1. The molecule has 0 N–H and O–H groups in total. The van der Waals surface area contributed by atoms with Crippen LogP contribution < -0.4 is 0 Å². The Kier molecular flexibility index (Phi) is 5.92. The van der Waals surface area contributed by atoms with Crippen molar-refractivity contribution in [2.75, 3.05) is 6.54 Å². The van der Waals surface area contributed by atoms with Gasteiger partial charge in [-0.15, -0.1) is 0 Å². The second kappa shape index (κ2) is 9.16. The number of aromatic nitrogens is 4. The third-order valence-electron chi connectivity index (χ3n) is 6.09. The van der Waals surface area contributed by atoms with Crippen LogP contribution in [0.4, 0.5) is 0 Å². The van der Waals surface area contributed by atoms with Crippen LogP contribution in [0.25, 0.3) is 11.4 Å². The van der Waals surface area contributed by atoms with Crippen LogP contribution in [0.3, 0.4) is 0 Å². The van der Waals surface area contributed by atoms with Crippen LogP contribution in [0.5, 0.6) is 0 Å². The molecule has 1 aliphatic heterocycles. The topological polar surface area (TPSA) is 63.9 Å². The average Bonchev–Trinajstić information content (AvgIpc) is 3.49. The number of likely N-dealkylation sites (tertiary alicyclic amines) is 1. The smallest absolute Gasteiger partial charge is 0.254 e. The number of hydrogen-bond donors (Lipinski definition) is 0. The van der Waals surface area contributed by atoms with Crippen LogP contribution in [-0.4, -0.2) is 36.9 Å². The summed E-state index contributed by atoms with van der Waals surface area (Å²) in [5, 5.41) is 0.674. The molecular formula is C26H24ClN5O. The van der Waals surface area contributed by atoms with E-state index in [1.165, 1.54) is 0 Å². The second-order valence-electron chi connectivity index (χ2n) is 8.27. The van der Waals surface area contributed by atoms with E-state index >= 15 is 0 Å². The van der Waals surface area contributed by atoms with Gasteiger partial charge in [-0.2, -0.15) is 0 Å². The first-order valence-electron chi connectivity index (χ1n) is 11.0. The molecule has 2 aromatic heterocycles. The third kappa shape index (κ3) is 4.52. The molecule has 7 heteroatoms. The average molecular weight is 458 g/mol. The van der Waals surface area contributed by atoms with Crippen LogP contribution in [0.1, 0.15) is 46.3 Å². The molecule has 33 heavy (non-hydrogen) atoms. The van der Waals surface area contributed by atoms with Crippen molar-refractivity contribution in [2.24, 2.45) is 0 Å². The Labute approximate surface area is 197 Å². The van der Waals surface area contributed by atoms with Crippen molar-refractivity contribution >= 4 is 17.5 Å². The van der Waals surface area contributed by atoms with E-state index in [2.05, 4.69) is 14.5 Å². The van der Waals surface area contributed by atoms with Gasteiger partial charge in [-0.1, -0.05) is 23.7 Å². The van der Waals surface area contributed by atoms with Gasteiger partial charge in [-0.3, -0.25) is 4.79 Å². The Hall–Kier alpha value is -3.51. The maximum atomic E-state index is 13.5. The van der Waals surface area contributed by atoms with Gasteiger partial charge in [0.15, 0.2) is 5.82 Å². The van der Waals surface area contributed by atoms with E-state index in [9.17, 15) is 4.79 Å². The molecule has 1 atom stereocenters. The summed E-state index contributed by atoms with van der Waals surface area (Å²) < 4.78 is 2.07. The van der Waals surface area contributed by atoms with Crippen LogP contribution in [0.15, 0.2) is 73.2 Å². The van der Waals surface area contributed by atoms with Gasteiger partial charge in [0, 0.05) is 47.8 Å². The van der Waals surface area contributed by atoms with E-state index in [1.54, 1.807) is 12.4 Å². The zero-order valence-electron chi connectivity index (χ0n) is 18.4. The van der Waals surface area contributed by atoms with Crippen molar-refractivity contribution in [1.82, 2.24) is 24.4 Å². The summed E-state index contributed by atoms with van der Waals surface area (Å²) in [6, 6.07) is 17.2. The SMILES string of the molecule is Cc1nccn1Cc1cccc(C(=O)N2CCC[C@H]2c2ccnc(-c3ccc(Cl)cc3)n2)c1. The van der Waals surface area contributed by atoms with E-state index in [0.717, 1.165) is 35.5 Å². The van der Waals surface area contributed by atoms with Gasteiger partial charge in [-0.05, 0) is 67.8 Å². The molecule has 0 bridgehead atoms. The number of carbonyl (C=O) groups excluding carboxylic acids is 1. The number of benzene rings is 2. The third-order valence-corrected chi connectivity index (χ3v) is 6.34. The van der Waals surface area contributed by atoms with Crippen molar-refractivity contribution in [3.63, 3.8) is 0 Å². The van der Waals surface area contributed by atoms with Gasteiger partial charge in [0.1, 0.15) is 5.82 Å². The molecule has 1 aliphatic rings. The first kappa shape index (κ1) is 21.3. The molecule has 0 spiro atoms. The van der Waals surface area contributed by atoms with E-state index in [4.69, 9.17) is 16.6 Å². The molecule has 166 valence electrons. The number of amides is 1. The summed E-state index contributed by atoms with van der Waals surface area (Å²) in [6.07, 6.45) is 7.34. The molecule has 1 fully saturated rings. The standard InChI is InChI=1S/C26H24ClN5O/c1-18-28-13-15-31(18)17-19-4-2-5-21(16-19)26(33)32-14-3-6-24(32)23-11-12-29-25(30-23)20-7-9-22(27)10-8-20/h2,4-5,7-13,15-16,24H,3,6,14,17H2,1H3/t24-/m0/s1. The zero-order chi connectivity index (χ0) is 22.8. The monoisotopic (exact) mass is 457 g/mol. The Morgan fingerprint density at radius 2 is 1.94 bits per heavy atom. The van der Waals surface area contributed by atoms with E-state index in [1.807, 2.05) is 72.6 Å². The molecule has 0 aliphatic carbocycles. The lowest BCUT2D eigenvalue weighted by molar-refractivity contribution is 0.0732. The lowest BCUT2D eigenvalue weighted by atomic mass is 10.1. The number of hydrogen-bond acceptors (Lipinski definition) is 4. The Bertz CT molecular complexity index is 1280. The Balaban J connectivity index is 1.38. The molecule has 4 aromatic rings. The molecule has 0 unspecified atom stereocenters. The lowest BCUT2D eigenvalue weighted by Gasteiger charge is -2.25. The zero-order valence-corrected chi connectivity index (χ0v) is 19.1. The van der Waals surface area contributed by atoms with Crippen LogP contribution in [0, 0.1) is 6.92 Å². The van der Waals surface area contributed by atoms with Gasteiger partial charge in [0.05, 0.1) is 11.7 Å². The highest BCUT2D eigenvalue weighted by molar-refractivity contribution is 6.30.